The summed E-state index contributed by atoms with van der Waals surface area (Å²) in [6, 6.07) is 6.63. The zero-order valence-electron chi connectivity index (χ0n) is 11.4. The molecule has 0 saturated carbocycles. The third kappa shape index (κ3) is 4.52. The Hall–Kier alpha value is -1.96. The Labute approximate surface area is 129 Å². The number of methoxy groups -OCH3 is 2. The van der Waals surface area contributed by atoms with Crippen molar-refractivity contribution in [3.63, 3.8) is 0 Å². The Morgan fingerprint density at radius 3 is 2.29 bits per heavy atom. The van der Waals surface area contributed by atoms with E-state index in [-0.39, 0.29) is 0 Å². The number of carbonyl (C=O) groups excluding carboxylic acids is 2. The Bertz CT molecular complexity index is 531. The number of benzene rings is 1. The van der Waals surface area contributed by atoms with Crippen LogP contribution in [0, 0.1) is 16.0 Å². The van der Waals surface area contributed by atoms with Gasteiger partial charge in [0, 0.05) is 9.40 Å². The first-order chi connectivity index (χ1) is 9.90. The van der Waals surface area contributed by atoms with Crippen LogP contribution in [0.25, 0.3) is 0 Å². The second kappa shape index (κ2) is 7.72. The fraction of sp³-hybridized carbons (Fsp3) is 0.385. The number of esters is 2. The molecule has 0 saturated heterocycles. The maximum absolute atomic E-state index is 11.8. The molecule has 0 aliphatic rings. The summed E-state index contributed by atoms with van der Waals surface area (Å²) in [7, 11) is 2.23. The van der Waals surface area contributed by atoms with Gasteiger partial charge in [0.1, 0.15) is 0 Å². The van der Waals surface area contributed by atoms with Crippen molar-refractivity contribution < 1.29 is 24.0 Å². The molecule has 0 fully saturated rings. The van der Waals surface area contributed by atoms with E-state index in [0.29, 0.717) is 10.0 Å². The molecule has 0 aliphatic carbocycles. The van der Waals surface area contributed by atoms with Crippen LogP contribution < -0.4 is 0 Å². The second-order valence-corrected chi connectivity index (χ2v) is 5.12. The molecule has 21 heavy (non-hydrogen) atoms. The normalized spacial score (nSPS) is 11.8. The molecular weight excluding hydrogens is 346 g/mol. The molecule has 0 unspecified atom stereocenters. The Morgan fingerprint density at radius 1 is 1.29 bits per heavy atom. The number of nitrogens with zero attached hydrogens (tertiary/aromatic N) is 1. The zero-order valence-corrected chi connectivity index (χ0v) is 13.0. The van der Waals surface area contributed by atoms with Gasteiger partial charge in [0.05, 0.1) is 20.1 Å². The molecule has 1 atom stereocenters. The third-order valence-corrected chi connectivity index (χ3v) is 3.43. The van der Waals surface area contributed by atoms with E-state index < -0.39 is 35.2 Å². The van der Waals surface area contributed by atoms with Crippen molar-refractivity contribution >= 4 is 27.9 Å². The van der Waals surface area contributed by atoms with Gasteiger partial charge in [-0.1, -0.05) is 28.1 Å². The predicted octanol–water partition coefficient (Wildman–Crippen LogP) is 1.77. The van der Waals surface area contributed by atoms with Crippen LogP contribution in [0.3, 0.4) is 0 Å². The van der Waals surface area contributed by atoms with Crippen molar-refractivity contribution in [2.45, 2.75) is 5.92 Å². The van der Waals surface area contributed by atoms with E-state index in [1.165, 1.54) is 0 Å². The molecule has 1 rings (SSSR count). The van der Waals surface area contributed by atoms with Crippen molar-refractivity contribution in [3.8, 4) is 0 Å². The van der Waals surface area contributed by atoms with Crippen LogP contribution in [0.1, 0.15) is 11.5 Å². The fourth-order valence-electron chi connectivity index (χ4n) is 1.98. The van der Waals surface area contributed by atoms with Crippen molar-refractivity contribution in [1.82, 2.24) is 0 Å². The molecule has 0 aliphatic heterocycles. The molecule has 0 radical (unpaired) electrons. The SMILES string of the molecule is COC(=O)C(C(=O)OC)[C@@H](C[N+](=O)[O-])c1cccc(Br)c1. The highest BCUT2D eigenvalue weighted by Gasteiger charge is 2.40. The number of hydrogen-bond acceptors (Lipinski definition) is 6. The van der Waals surface area contributed by atoms with Gasteiger partial charge in [0.15, 0.2) is 5.92 Å². The summed E-state index contributed by atoms with van der Waals surface area (Å²) in [5.41, 5.74) is 0.474. The van der Waals surface area contributed by atoms with E-state index in [0.717, 1.165) is 14.2 Å². The first-order valence-corrected chi connectivity index (χ1v) is 6.73. The van der Waals surface area contributed by atoms with Crippen LogP contribution >= 0.6 is 15.9 Å². The van der Waals surface area contributed by atoms with Gasteiger partial charge in [-0.2, -0.15) is 0 Å². The Morgan fingerprint density at radius 2 is 1.86 bits per heavy atom. The molecule has 0 bridgehead atoms. The van der Waals surface area contributed by atoms with Gasteiger partial charge in [0.25, 0.3) is 0 Å². The number of rotatable bonds is 6. The lowest BCUT2D eigenvalue weighted by atomic mass is 9.86. The highest BCUT2D eigenvalue weighted by molar-refractivity contribution is 9.10. The number of ether oxygens (including phenoxy) is 2. The van der Waals surface area contributed by atoms with Gasteiger partial charge < -0.3 is 9.47 Å². The van der Waals surface area contributed by atoms with Crippen LogP contribution in [0.4, 0.5) is 0 Å². The van der Waals surface area contributed by atoms with Crippen LogP contribution in [0.2, 0.25) is 0 Å². The lowest BCUT2D eigenvalue weighted by Gasteiger charge is -2.20. The third-order valence-electron chi connectivity index (χ3n) is 2.94. The summed E-state index contributed by atoms with van der Waals surface area (Å²) in [5, 5.41) is 10.9. The van der Waals surface area contributed by atoms with E-state index in [4.69, 9.17) is 0 Å². The average Bonchev–Trinajstić information content (AvgIpc) is 2.45. The lowest BCUT2D eigenvalue weighted by Crippen LogP contribution is -2.35. The van der Waals surface area contributed by atoms with Gasteiger partial charge >= 0.3 is 11.9 Å². The average molecular weight is 360 g/mol. The smallest absolute Gasteiger partial charge is 0.320 e. The van der Waals surface area contributed by atoms with E-state index in [1.54, 1.807) is 24.3 Å². The molecule has 114 valence electrons. The molecule has 7 nitrogen and oxygen atoms in total. The first kappa shape index (κ1) is 17.1. The number of halogens is 1. The van der Waals surface area contributed by atoms with Crippen LogP contribution in [0.15, 0.2) is 28.7 Å². The van der Waals surface area contributed by atoms with E-state index in [9.17, 15) is 19.7 Å². The highest BCUT2D eigenvalue weighted by atomic mass is 79.9. The van der Waals surface area contributed by atoms with Gasteiger partial charge in [-0.3, -0.25) is 19.7 Å². The number of hydrogen-bond donors (Lipinski definition) is 0. The van der Waals surface area contributed by atoms with E-state index in [1.807, 2.05) is 0 Å². The van der Waals surface area contributed by atoms with Crippen molar-refractivity contribution in [2.75, 3.05) is 20.8 Å². The Balaban J connectivity index is 3.29. The minimum atomic E-state index is -1.39. The molecule has 0 spiro atoms. The molecule has 0 amide bonds. The largest absolute Gasteiger partial charge is 0.468 e. The van der Waals surface area contributed by atoms with Gasteiger partial charge in [0.2, 0.25) is 6.54 Å². The molecule has 0 aromatic heterocycles. The molecule has 0 N–H and O–H groups in total. The second-order valence-electron chi connectivity index (χ2n) is 4.20. The Kier molecular flexibility index (Phi) is 6.29. The van der Waals surface area contributed by atoms with E-state index in [2.05, 4.69) is 25.4 Å². The minimum absolute atomic E-state index is 0.474. The fourth-order valence-corrected chi connectivity index (χ4v) is 2.40. The van der Waals surface area contributed by atoms with Gasteiger partial charge in [-0.15, -0.1) is 0 Å². The van der Waals surface area contributed by atoms with Crippen molar-refractivity contribution in [1.29, 1.82) is 0 Å². The molecular formula is C13H14BrNO6. The maximum Gasteiger partial charge on any atom is 0.320 e. The summed E-state index contributed by atoms with van der Waals surface area (Å²) in [4.78, 5) is 34.0. The molecule has 8 heteroatoms. The van der Waals surface area contributed by atoms with Gasteiger partial charge in [-0.05, 0) is 17.7 Å². The number of nitro groups is 1. The highest BCUT2D eigenvalue weighted by Crippen LogP contribution is 2.29. The van der Waals surface area contributed by atoms with Crippen molar-refractivity contribution in [3.05, 3.63) is 44.4 Å². The molecule has 1 aromatic carbocycles. The first-order valence-electron chi connectivity index (χ1n) is 5.93. The van der Waals surface area contributed by atoms with Crippen molar-refractivity contribution in [2.24, 2.45) is 5.92 Å². The summed E-state index contributed by atoms with van der Waals surface area (Å²) in [5.74, 6) is -4.10. The van der Waals surface area contributed by atoms with Crippen LogP contribution in [-0.2, 0) is 19.1 Å². The monoisotopic (exact) mass is 359 g/mol. The van der Waals surface area contributed by atoms with Gasteiger partial charge in [-0.25, -0.2) is 0 Å². The zero-order chi connectivity index (χ0) is 16.0. The summed E-state index contributed by atoms with van der Waals surface area (Å²) in [6.07, 6.45) is 0. The molecule has 1 aromatic rings. The summed E-state index contributed by atoms with van der Waals surface area (Å²) < 4.78 is 9.83. The quantitative estimate of drug-likeness (QED) is 0.332. The topological polar surface area (TPSA) is 95.7 Å². The predicted molar refractivity (Wildman–Crippen MR) is 76.3 cm³/mol. The van der Waals surface area contributed by atoms with E-state index >= 15 is 0 Å². The maximum atomic E-state index is 11.8. The summed E-state index contributed by atoms with van der Waals surface area (Å²) in [6.45, 7) is -0.592. The number of carbonyl (C=O) groups is 2. The van der Waals surface area contributed by atoms with Crippen LogP contribution in [-0.4, -0.2) is 37.6 Å². The summed E-state index contributed by atoms with van der Waals surface area (Å²) >= 11 is 3.25. The minimum Gasteiger partial charge on any atom is -0.468 e. The lowest BCUT2D eigenvalue weighted by molar-refractivity contribution is -0.484. The van der Waals surface area contributed by atoms with Crippen LogP contribution in [0.5, 0.6) is 0 Å². The molecule has 0 heterocycles. The standard InChI is InChI=1S/C13H14BrNO6/c1-20-12(16)11(13(17)21-2)10(7-15(18)19)8-4-3-5-9(14)6-8/h3-6,10-11H,7H2,1-2H3/t10-/m0/s1.